The second kappa shape index (κ2) is 4.81. The Balaban J connectivity index is 2.08. The molecule has 3 unspecified atom stereocenters. The predicted octanol–water partition coefficient (Wildman–Crippen LogP) is 3.97. The van der Waals surface area contributed by atoms with Crippen LogP contribution in [0.1, 0.15) is 42.5 Å². The zero-order chi connectivity index (χ0) is 12.6. The molecule has 0 aliphatic carbocycles. The highest BCUT2D eigenvalue weighted by Crippen LogP contribution is 2.34. The van der Waals surface area contributed by atoms with Crippen molar-refractivity contribution in [1.82, 2.24) is 0 Å². The van der Waals surface area contributed by atoms with E-state index in [1.165, 1.54) is 22.3 Å². The number of hydrogen-bond donors (Lipinski definition) is 0. The Morgan fingerprint density at radius 3 is 2.24 bits per heavy atom. The van der Waals surface area contributed by atoms with Crippen LogP contribution in [0.25, 0.3) is 0 Å². The van der Waals surface area contributed by atoms with Crippen LogP contribution in [0.3, 0.4) is 0 Å². The number of epoxide rings is 1. The molecule has 1 fully saturated rings. The molecule has 0 N–H and O–H groups in total. The first-order valence-electron chi connectivity index (χ1n) is 6.75. The second-order valence-electron chi connectivity index (χ2n) is 5.61. The average molecular weight is 232 g/mol. The summed E-state index contributed by atoms with van der Waals surface area (Å²) in [5.41, 5.74) is 5.75. The van der Waals surface area contributed by atoms with Gasteiger partial charge in [0, 0.05) is 0 Å². The maximum atomic E-state index is 5.70. The summed E-state index contributed by atoms with van der Waals surface area (Å²) in [7, 11) is 0. The van der Waals surface area contributed by atoms with Crippen molar-refractivity contribution in [3.05, 3.63) is 34.4 Å². The van der Waals surface area contributed by atoms with Gasteiger partial charge in [0.1, 0.15) is 0 Å². The van der Waals surface area contributed by atoms with Crippen LogP contribution in [0.4, 0.5) is 0 Å². The maximum absolute atomic E-state index is 5.70. The first kappa shape index (κ1) is 12.6. The molecule has 1 aliphatic rings. The molecule has 2 rings (SSSR count). The summed E-state index contributed by atoms with van der Waals surface area (Å²) in [5.74, 6) is 0.639. The van der Waals surface area contributed by atoms with Gasteiger partial charge in [-0.15, -0.1) is 0 Å². The van der Waals surface area contributed by atoms with E-state index in [0.717, 1.165) is 12.8 Å². The van der Waals surface area contributed by atoms with Crippen LogP contribution in [-0.2, 0) is 11.2 Å². The van der Waals surface area contributed by atoms with Crippen molar-refractivity contribution in [3.63, 3.8) is 0 Å². The van der Waals surface area contributed by atoms with Crippen molar-refractivity contribution < 1.29 is 4.74 Å². The zero-order valence-electron chi connectivity index (χ0n) is 11.7. The largest absolute Gasteiger partial charge is 0.369 e. The van der Waals surface area contributed by atoms with E-state index in [2.05, 4.69) is 46.8 Å². The summed E-state index contributed by atoms with van der Waals surface area (Å²) in [5, 5.41) is 0. The SMILES string of the molecule is CCC1OC1C(C)Cc1c(C)cc(C)cc1C. The lowest BCUT2D eigenvalue weighted by Gasteiger charge is -2.15. The highest BCUT2D eigenvalue weighted by Gasteiger charge is 2.41. The van der Waals surface area contributed by atoms with Gasteiger partial charge in [-0.3, -0.25) is 0 Å². The van der Waals surface area contributed by atoms with E-state index in [1.54, 1.807) is 0 Å². The molecule has 1 aromatic carbocycles. The number of aryl methyl sites for hydroxylation is 3. The molecule has 1 saturated heterocycles. The van der Waals surface area contributed by atoms with Gasteiger partial charge in [-0.1, -0.05) is 31.5 Å². The molecule has 1 heteroatoms. The fourth-order valence-corrected chi connectivity index (χ4v) is 2.96. The number of hydrogen-bond acceptors (Lipinski definition) is 1. The zero-order valence-corrected chi connectivity index (χ0v) is 11.7. The summed E-state index contributed by atoms with van der Waals surface area (Å²) in [6.07, 6.45) is 3.33. The molecule has 0 spiro atoms. The van der Waals surface area contributed by atoms with Crippen molar-refractivity contribution in [2.45, 2.75) is 59.7 Å². The Kier molecular flexibility index (Phi) is 3.58. The molecule has 1 aromatic rings. The summed E-state index contributed by atoms with van der Waals surface area (Å²) < 4.78 is 5.70. The van der Waals surface area contributed by atoms with Crippen LogP contribution in [0.5, 0.6) is 0 Å². The summed E-state index contributed by atoms with van der Waals surface area (Å²) >= 11 is 0. The van der Waals surface area contributed by atoms with E-state index in [-0.39, 0.29) is 0 Å². The minimum absolute atomic E-state index is 0.500. The topological polar surface area (TPSA) is 12.5 Å². The van der Waals surface area contributed by atoms with Gasteiger partial charge in [-0.25, -0.2) is 0 Å². The fourth-order valence-electron chi connectivity index (χ4n) is 2.96. The molecule has 17 heavy (non-hydrogen) atoms. The van der Waals surface area contributed by atoms with E-state index < -0.39 is 0 Å². The van der Waals surface area contributed by atoms with E-state index in [9.17, 15) is 0 Å². The normalized spacial score (nSPS) is 24.8. The van der Waals surface area contributed by atoms with Gasteiger partial charge in [-0.05, 0) is 56.2 Å². The molecule has 0 saturated carbocycles. The molecule has 1 heterocycles. The highest BCUT2D eigenvalue weighted by molar-refractivity contribution is 5.37. The minimum atomic E-state index is 0.500. The van der Waals surface area contributed by atoms with Crippen LogP contribution >= 0.6 is 0 Å². The summed E-state index contributed by atoms with van der Waals surface area (Å²) in [6, 6.07) is 4.58. The van der Waals surface area contributed by atoms with Gasteiger partial charge in [0.25, 0.3) is 0 Å². The van der Waals surface area contributed by atoms with Gasteiger partial charge < -0.3 is 4.74 Å². The first-order valence-corrected chi connectivity index (χ1v) is 6.75. The Morgan fingerprint density at radius 2 is 1.76 bits per heavy atom. The second-order valence-corrected chi connectivity index (χ2v) is 5.61. The van der Waals surface area contributed by atoms with Crippen LogP contribution in [0, 0.1) is 26.7 Å². The van der Waals surface area contributed by atoms with Crippen molar-refractivity contribution in [2.75, 3.05) is 0 Å². The van der Waals surface area contributed by atoms with E-state index in [1.807, 2.05) is 0 Å². The standard InChI is InChI=1S/C16H24O/c1-6-15-16(17-15)13(5)9-14-11(3)7-10(2)8-12(14)4/h7-8,13,15-16H,6,9H2,1-5H3. The van der Waals surface area contributed by atoms with Crippen LogP contribution in [-0.4, -0.2) is 12.2 Å². The van der Waals surface area contributed by atoms with Gasteiger partial charge in [0.2, 0.25) is 0 Å². The monoisotopic (exact) mass is 232 g/mol. The number of ether oxygens (including phenoxy) is 1. The van der Waals surface area contributed by atoms with Crippen molar-refractivity contribution in [2.24, 2.45) is 5.92 Å². The summed E-state index contributed by atoms with van der Waals surface area (Å²) in [6.45, 7) is 11.2. The third-order valence-electron chi connectivity index (χ3n) is 3.95. The molecule has 1 nitrogen and oxygen atoms in total. The predicted molar refractivity (Wildman–Crippen MR) is 72.5 cm³/mol. The molecule has 1 aliphatic heterocycles. The minimum Gasteiger partial charge on any atom is -0.369 e. The molecule has 3 atom stereocenters. The maximum Gasteiger partial charge on any atom is 0.0870 e. The van der Waals surface area contributed by atoms with E-state index in [4.69, 9.17) is 4.74 Å². The first-order chi connectivity index (χ1) is 8.02. The van der Waals surface area contributed by atoms with Crippen LogP contribution in [0.2, 0.25) is 0 Å². The van der Waals surface area contributed by atoms with Gasteiger partial charge in [-0.2, -0.15) is 0 Å². The average Bonchev–Trinajstić information content (AvgIpc) is 3.02. The van der Waals surface area contributed by atoms with E-state index >= 15 is 0 Å². The Labute approximate surface area is 105 Å². The van der Waals surface area contributed by atoms with Crippen LogP contribution in [0.15, 0.2) is 12.1 Å². The lowest BCUT2D eigenvalue weighted by molar-refractivity contribution is 0.322. The molecule has 94 valence electrons. The Bertz CT molecular complexity index is 385. The molecule has 0 bridgehead atoms. The van der Waals surface area contributed by atoms with Crippen molar-refractivity contribution in [1.29, 1.82) is 0 Å². The van der Waals surface area contributed by atoms with Gasteiger partial charge in [0.15, 0.2) is 0 Å². The lowest BCUT2D eigenvalue weighted by atomic mass is 9.90. The van der Waals surface area contributed by atoms with Gasteiger partial charge >= 0.3 is 0 Å². The third-order valence-corrected chi connectivity index (χ3v) is 3.95. The summed E-state index contributed by atoms with van der Waals surface area (Å²) in [4.78, 5) is 0. The Morgan fingerprint density at radius 1 is 1.18 bits per heavy atom. The lowest BCUT2D eigenvalue weighted by Crippen LogP contribution is -2.11. The highest BCUT2D eigenvalue weighted by atomic mass is 16.6. The fraction of sp³-hybridized carbons (Fsp3) is 0.625. The molecule has 0 radical (unpaired) electrons. The molecule has 0 amide bonds. The third kappa shape index (κ3) is 2.71. The molecule has 0 aromatic heterocycles. The number of rotatable bonds is 4. The van der Waals surface area contributed by atoms with Crippen LogP contribution < -0.4 is 0 Å². The Hall–Kier alpha value is -0.820. The molecular weight excluding hydrogens is 208 g/mol. The molecular formula is C16H24O. The smallest absolute Gasteiger partial charge is 0.0870 e. The number of benzene rings is 1. The van der Waals surface area contributed by atoms with Crippen molar-refractivity contribution in [3.8, 4) is 0 Å². The van der Waals surface area contributed by atoms with E-state index in [0.29, 0.717) is 18.1 Å². The van der Waals surface area contributed by atoms with Crippen molar-refractivity contribution >= 4 is 0 Å². The quantitative estimate of drug-likeness (QED) is 0.716. The van der Waals surface area contributed by atoms with Gasteiger partial charge in [0.05, 0.1) is 12.2 Å².